The fourth-order valence-corrected chi connectivity index (χ4v) is 3.42. The number of esters is 1. The maximum Gasteiger partial charge on any atom is 0.307 e. The number of nitrogens with one attached hydrogen (secondary N) is 2. The molecule has 1 unspecified atom stereocenters. The highest BCUT2D eigenvalue weighted by atomic mass is 32.1. The Labute approximate surface area is 180 Å². The Balaban J connectivity index is 1.71. The van der Waals surface area contributed by atoms with E-state index in [0.717, 1.165) is 16.7 Å². The van der Waals surface area contributed by atoms with Gasteiger partial charge in [0.2, 0.25) is 5.91 Å². The summed E-state index contributed by atoms with van der Waals surface area (Å²) in [5.74, 6) is 0.111. The molecule has 7 nitrogen and oxygen atoms in total. The number of benzene rings is 2. The zero-order chi connectivity index (χ0) is 21.5. The van der Waals surface area contributed by atoms with Crippen molar-refractivity contribution in [2.45, 2.75) is 32.4 Å². The van der Waals surface area contributed by atoms with E-state index in [1.54, 1.807) is 0 Å². The number of hydrogen-bond acceptors (Lipinski definition) is 5. The molecular weight excluding hydrogens is 400 g/mol. The van der Waals surface area contributed by atoms with Crippen molar-refractivity contribution in [2.24, 2.45) is 0 Å². The van der Waals surface area contributed by atoms with Crippen molar-refractivity contribution in [3.8, 4) is 11.4 Å². The lowest BCUT2D eigenvalue weighted by Crippen LogP contribution is -2.31. The zero-order valence-electron chi connectivity index (χ0n) is 16.9. The largest absolute Gasteiger partial charge is 0.469 e. The van der Waals surface area contributed by atoms with Gasteiger partial charge in [0, 0.05) is 18.5 Å². The maximum atomic E-state index is 12.7. The predicted octanol–water partition coefficient (Wildman–Crippen LogP) is 3.73. The average molecular weight is 425 g/mol. The number of nitrogens with zero attached hydrogens (tertiary/aromatic N) is 2. The van der Waals surface area contributed by atoms with Crippen LogP contribution >= 0.6 is 12.2 Å². The first kappa shape index (κ1) is 21.4. The minimum atomic E-state index is -0.459. The molecule has 3 rings (SSSR count). The summed E-state index contributed by atoms with van der Waals surface area (Å²) < 4.78 is 7.03. The minimum Gasteiger partial charge on any atom is -0.469 e. The van der Waals surface area contributed by atoms with Crippen LogP contribution in [0.2, 0.25) is 0 Å². The second-order valence-corrected chi connectivity index (χ2v) is 7.32. The molecule has 1 atom stereocenters. The second kappa shape index (κ2) is 9.98. The van der Waals surface area contributed by atoms with Gasteiger partial charge in [-0.15, -0.1) is 0 Å². The fraction of sp³-hybridized carbons (Fsp3) is 0.273. The van der Waals surface area contributed by atoms with E-state index in [1.165, 1.54) is 7.11 Å². The van der Waals surface area contributed by atoms with E-state index in [9.17, 15) is 9.59 Å². The van der Waals surface area contributed by atoms with Crippen LogP contribution in [0.25, 0.3) is 11.4 Å². The first-order chi connectivity index (χ1) is 14.5. The molecule has 2 N–H and O–H groups in total. The third-order valence-electron chi connectivity index (χ3n) is 4.73. The van der Waals surface area contributed by atoms with Crippen LogP contribution in [0.4, 0.5) is 0 Å². The Bertz CT molecular complexity index is 1080. The molecule has 0 fully saturated rings. The molecule has 0 saturated heterocycles. The van der Waals surface area contributed by atoms with Crippen LogP contribution in [0.3, 0.4) is 0 Å². The van der Waals surface area contributed by atoms with Crippen molar-refractivity contribution in [1.29, 1.82) is 0 Å². The van der Waals surface area contributed by atoms with Crippen LogP contribution in [0.15, 0.2) is 54.6 Å². The molecule has 0 aliphatic rings. The molecule has 0 radical (unpaired) electrons. The minimum absolute atomic E-state index is 0.0614. The number of methoxy groups -OCH3 is 1. The molecule has 0 saturated carbocycles. The number of amides is 1. The first-order valence-corrected chi connectivity index (χ1v) is 10.0. The third kappa shape index (κ3) is 5.42. The molecule has 2 aromatic carbocycles. The molecular formula is C22H24N4O3S. The highest BCUT2D eigenvalue weighted by Crippen LogP contribution is 2.20. The third-order valence-corrected chi connectivity index (χ3v) is 5.04. The Morgan fingerprint density at radius 3 is 2.67 bits per heavy atom. The topological polar surface area (TPSA) is 89.0 Å². The SMILES string of the molecule is COC(=O)CC(NC(=O)CCn1c(-c2cccc(C)c2)n[nH]c1=S)c1ccccc1. The van der Waals surface area contributed by atoms with E-state index in [2.05, 4.69) is 15.5 Å². The van der Waals surface area contributed by atoms with Crippen molar-refractivity contribution < 1.29 is 14.3 Å². The van der Waals surface area contributed by atoms with Crippen LogP contribution in [-0.4, -0.2) is 33.8 Å². The Morgan fingerprint density at radius 2 is 1.97 bits per heavy atom. The highest BCUT2D eigenvalue weighted by Gasteiger charge is 2.19. The van der Waals surface area contributed by atoms with Gasteiger partial charge in [0.1, 0.15) is 0 Å². The van der Waals surface area contributed by atoms with E-state index in [-0.39, 0.29) is 24.7 Å². The Morgan fingerprint density at radius 1 is 1.20 bits per heavy atom. The van der Waals surface area contributed by atoms with Crippen molar-refractivity contribution in [3.63, 3.8) is 0 Å². The monoisotopic (exact) mass is 424 g/mol. The molecule has 3 aromatic rings. The van der Waals surface area contributed by atoms with Crippen molar-refractivity contribution in [3.05, 3.63) is 70.5 Å². The molecule has 1 amide bonds. The van der Waals surface area contributed by atoms with Gasteiger partial charge in [0.25, 0.3) is 0 Å². The smallest absolute Gasteiger partial charge is 0.307 e. The Kier molecular flexibility index (Phi) is 7.13. The summed E-state index contributed by atoms with van der Waals surface area (Å²) in [6.07, 6.45) is 0.253. The number of carbonyl (C=O) groups is 2. The van der Waals surface area contributed by atoms with Crippen LogP contribution < -0.4 is 5.32 Å². The van der Waals surface area contributed by atoms with E-state index in [1.807, 2.05) is 66.1 Å². The molecule has 0 bridgehead atoms. The molecule has 30 heavy (non-hydrogen) atoms. The molecule has 156 valence electrons. The Hall–Kier alpha value is -3.26. The van der Waals surface area contributed by atoms with Crippen molar-refractivity contribution >= 4 is 24.1 Å². The average Bonchev–Trinajstić information content (AvgIpc) is 3.12. The normalized spacial score (nSPS) is 11.7. The summed E-state index contributed by atoms with van der Waals surface area (Å²) in [7, 11) is 1.33. The number of H-pyrrole nitrogens is 1. The quantitative estimate of drug-likeness (QED) is 0.425. The van der Waals surface area contributed by atoms with Crippen LogP contribution in [0.1, 0.15) is 30.0 Å². The summed E-state index contributed by atoms with van der Waals surface area (Å²) in [6.45, 7) is 2.37. The van der Waals surface area contributed by atoms with Gasteiger partial charge in [-0.3, -0.25) is 19.3 Å². The second-order valence-electron chi connectivity index (χ2n) is 6.93. The van der Waals surface area contributed by atoms with Crippen molar-refractivity contribution in [2.75, 3.05) is 7.11 Å². The lowest BCUT2D eigenvalue weighted by atomic mass is 10.0. The summed E-state index contributed by atoms with van der Waals surface area (Å²) in [5, 5.41) is 10.1. The van der Waals surface area contributed by atoms with Gasteiger partial charge in [-0.2, -0.15) is 5.10 Å². The number of aryl methyl sites for hydroxylation is 1. The van der Waals surface area contributed by atoms with Crippen molar-refractivity contribution in [1.82, 2.24) is 20.1 Å². The van der Waals surface area contributed by atoms with E-state index in [4.69, 9.17) is 17.0 Å². The fourth-order valence-electron chi connectivity index (χ4n) is 3.20. The maximum absolute atomic E-state index is 12.7. The van der Waals surface area contributed by atoms with E-state index >= 15 is 0 Å². The summed E-state index contributed by atoms with van der Waals surface area (Å²) >= 11 is 5.35. The van der Waals surface area contributed by atoms with Crippen LogP contribution in [-0.2, 0) is 20.9 Å². The molecule has 0 spiro atoms. The van der Waals surface area contributed by atoms with Gasteiger partial charge < -0.3 is 10.1 Å². The molecule has 8 heteroatoms. The number of carbonyl (C=O) groups excluding carboxylic acids is 2. The predicted molar refractivity (Wildman–Crippen MR) is 116 cm³/mol. The van der Waals surface area contributed by atoms with E-state index < -0.39 is 6.04 Å². The van der Waals surface area contributed by atoms with Gasteiger partial charge >= 0.3 is 5.97 Å². The number of hydrogen-bond donors (Lipinski definition) is 2. The summed E-state index contributed by atoms with van der Waals surface area (Å²) in [4.78, 5) is 24.5. The molecule has 1 heterocycles. The summed E-state index contributed by atoms with van der Waals surface area (Å²) in [5.41, 5.74) is 2.88. The van der Waals surface area contributed by atoms with Gasteiger partial charge in [0.05, 0.1) is 19.6 Å². The van der Waals surface area contributed by atoms with Crippen LogP contribution in [0.5, 0.6) is 0 Å². The lowest BCUT2D eigenvalue weighted by Gasteiger charge is -2.18. The molecule has 0 aliphatic carbocycles. The van der Waals surface area contributed by atoms with Gasteiger partial charge in [-0.25, -0.2) is 0 Å². The lowest BCUT2D eigenvalue weighted by molar-refractivity contribution is -0.141. The standard InChI is InChI=1S/C22H24N4O3S/c1-15-7-6-10-17(13-15)21-24-25-22(30)26(21)12-11-19(27)23-18(14-20(28)29-2)16-8-4-3-5-9-16/h3-10,13,18H,11-12,14H2,1-2H3,(H,23,27)(H,25,30). The number of aromatic nitrogens is 3. The number of ether oxygens (including phenoxy) is 1. The van der Waals surface area contributed by atoms with Crippen LogP contribution in [0, 0.1) is 11.7 Å². The van der Waals surface area contributed by atoms with E-state index in [0.29, 0.717) is 17.1 Å². The summed E-state index contributed by atoms with van der Waals surface area (Å²) in [6, 6.07) is 16.8. The van der Waals surface area contributed by atoms with Gasteiger partial charge in [-0.05, 0) is 30.8 Å². The first-order valence-electron chi connectivity index (χ1n) is 9.61. The highest BCUT2D eigenvalue weighted by molar-refractivity contribution is 7.71. The van der Waals surface area contributed by atoms with Gasteiger partial charge in [-0.1, -0.05) is 54.1 Å². The van der Waals surface area contributed by atoms with Gasteiger partial charge in [0.15, 0.2) is 10.6 Å². The zero-order valence-corrected chi connectivity index (χ0v) is 17.7. The molecule has 0 aliphatic heterocycles. The number of rotatable bonds is 8. The molecule has 1 aromatic heterocycles. The number of aromatic amines is 1.